The van der Waals surface area contributed by atoms with Crippen LogP contribution in [0.1, 0.15) is 25.3 Å². The van der Waals surface area contributed by atoms with Crippen LogP contribution in [-0.2, 0) is 6.54 Å². The monoisotopic (exact) mass is 246 g/mol. The Kier molecular flexibility index (Phi) is 3.97. The third kappa shape index (κ3) is 2.88. The molecule has 0 radical (unpaired) electrons. The minimum absolute atomic E-state index is 0.332. The second kappa shape index (κ2) is 5.67. The van der Waals surface area contributed by atoms with Gasteiger partial charge in [0.1, 0.15) is 0 Å². The van der Waals surface area contributed by atoms with Crippen molar-refractivity contribution >= 4 is 0 Å². The highest BCUT2D eigenvalue weighted by Gasteiger charge is 2.28. The molecule has 96 valence electrons. The Balaban J connectivity index is 2.15. The fraction of sp³-hybridized carbons (Fsp3) is 0.429. The van der Waals surface area contributed by atoms with E-state index in [1.165, 1.54) is 11.8 Å². The van der Waals surface area contributed by atoms with Crippen LogP contribution in [0.3, 0.4) is 0 Å². The summed E-state index contributed by atoms with van der Waals surface area (Å²) in [5.41, 5.74) is 2.08. The quantitative estimate of drug-likeness (QED) is 0.606. The third-order valence-corrected chi connectivity index (χ3v) is 3.48. The van der Waals surface area contributed by atoms with Crippen LogP contribution in [0, 0.1) is 16.0 Å². The number of benzene rings is 1. The molecule has 0 saturated carbocycles. The molecule has 2 rings (SSSR count). The molecule has 0 aromatic heterocycles. The van der Waals surface area contributed by atoms with Gasteiger partial charge in [-0.15, -0.1) is 0 Å². The maximum absolute atomic E-state index is 10.7. The van der Waals surface area contributed by atoms with E-state index in [-0.39, 0.29) is 4.92 Å². The smallest absolute Gasteiger partial charge is 0.253 e. The van der Waals surface area contributed by atoms with Crippen molar-refractivity contribution in [2.75, 3.05) is 6.54 Å². The van der Waals surface area contributed by atoms with E-state index in [9.17, 15) is 10.1 Å². The van der Waals surface area contributed by atoms with Gasteiger partial charge in [0.15, 0.2) is 0 Å². The van der Waals surface area contributed by atoms with E-state index >= 15 is 0 Å². The first-order valence-electron chi connectivity index (χ1n) is 6.34. The summed E-state index contributed by atoms with van der Waals surface area (Å²) in [5.74, 6) is 0.333. The molecule has 1 fully saturated rings. The Morgan fingerprint density at radius 3 is 2.78 bits per heavy atom. The van der Waals surface area contributed by atoms with E-state index < -0.39 is 0 Å². The minimum Gasteiger partial charge on any atom is -0.365 e. The summed E-state index contributed by atoms with van der Waals surface area (Å²) >= 11 is 0. The highest BCUT2D eigenvalue weighted by Crippen LogP contribution is 2.31. The molecule has 1 aliphatic heterocycles. The Bertz CT molecular complexity index is 442. The summed E-state index contributed by atoms with van der Waals surface area (Å²) in [6.45, 7) is 3.76. The number of rotatable bonds is 4. The molecule has 0 spiro atoms. The fourth-order valence-electron chi connectivity index (χ4n) is 2.53. The molecule has 1 atom stereocenters. The van der Waals surface area contributed by atoms with Crippen molar-refractivity contribution < 1.29 is 4.92 Å². The van der Waals surface area contributed by atoms with Gasteiger partial charge in [-0.2, -0.15) is 0 Å². The molecule has 0 N–H and O–H groups in total. The second-order valence-electron chi connectivity index (χ2n) is 4.64. The van der Waals surface area contributed by atoms with Gasteiger partial charge in [0.2, 0.25) is 0 Å². The van der Waals surface area contributed by atoms with Gasteiger partial charge in [-0.3, -0.25) is 10.1 Å². The predicted octanol–water partition coefficient (Wildman–Crippen LogP) is 3.04. The van der Waals surface area contributed by atoms with E-state index in [4.69, 9.17) is 0 Å². The molecule has 1 aliphatic rings. The molecule has 1 unspecified atom stereocenters. The average Bonchev–Trinajstić information content (AvgIpc) is 2.72. The summed E-state index contributed by atoms with van der Waals surface area (Å²) in [4.78, 5) is 12.5. The molecule has 1 saturated heterocycles. The van der Waals surface area contributed by atoms with E-state index in [0.29, 0.717) is 5.92 Å². The van der Waals surface area contributed by atoms with Crippen LogP contribution in [0.15, 0.2) is 42.2 Å². The van der Waals surface area contributed by atoms with Gasteiger partial charge in [0.05, 0.1) is 10.6 Å². The van der Waals surface area contributed by atoms with Gasteiger partial charge in [-0.1, -0.05) is 37.3 Å². The molecule has 1 aromatic rings. The molecule has 1 aromatic carbocycles. The van der Waals surface area contributed by atoms with Gasteiger partial charge in [0, 0.05) is 19.0 Å². The second-order valence-corrected chi connectivity index (χ2v) is 4.64. The van der Waals surface area contributed by atoms with Gasteiger partial charge in [-0.25, -0.2) is 0 Å². The first-order valence-corrected chi connectivity index (χ1v) is 6.34. The lowest BCUT2D eigenvalue weighted by Gasteiger charge is -2.20. The first-order chi connectivity index (χ1) is 8.70. The number of allylic oxidation sites excluding steroid dienone is 1. The van der Waals surface area contributed by atoms with E-state index in [2.05, 4.69) is 24.0 Å². The fourth-order valence-corrected chi connectivity index (χ4v) is 2.53. The number of nitrogens with zero attached hydrogens (tertiary/aromatic N) is 2. The normalized spacial score (nSPS) is 21.5. The maximum atomic E-state index is 10.7. The van der Waals surface area contributed by atoms with Crippen LogP contribution >= 0.6 is 0 Å². The van der Waals surface area contributed by atoms with Crippen molar-refractivity contribution in [2.24, 2.45) is 5.92 Å². The highest BCUT2D eigenvalue weighted by atomic mass is 16.6. The maximum Gasteiger partial charge on any atom is 0.253 e. The van der Waals surface area contributed by atoms with Crippen LogP contribution in [0.25, 0.3) is 0 Å². The summed E-state index contributed by atoms with van der Waals surface area (Å²) < 4.78 is 0. The molecule has 0 aliphatic carbocycles. The zero-order valence-electron chi connectivity index (χ0n) is 10.6. The average molecular weight is 246 g/mol. The molecular formula is C14H18N2O2. The van der Waals surface area contributed by atoms with Crippen LogP contribution in [0.4, 0.5) is 0 Å². The summed E-state index contributed by atoms with van der Waals surface area (Å²) in [7, 11) is 0. The van der Waals surface area contributed by atoms with Crippen molar-refractivity contribution in [1.29, 1.82) is 0 Å². The van der Waals surface area contributed by atoms with Crippen molar-refractivity contribution in [3.05, 3.63) is 57.9 Å². The lowest BCUT2D eigenvalue weighted by atomic mass is 10.0. The Labute approximate surface area is 107 Å². The SMILES string of the molecule is CCC1CCN(Cc2ccccc2)/C1=C/[N+](=O)[O-]. The topological polar surface area (TPSA) is 46.4 Å². The summed E-state index contributed by atoms with van der Waals surface area (Å²) in [6, 6.07) is 10.1. The Morgan fingerprint density at radius 1 is 1.44 bits per heavy atom. The minimum atomic E-state index is -0.332. The van der Waals surface area contributed by atoms with Crippen LogP contribution in [0.5, 0.6) is 0 Å². The Morgan fingerprint density at radius 2 is 2.17 bits per heavy atom. The van der Waals surface area contributed by atoms with E-state index in [1.54, 1.807) is 0 Å². The molecule has 4 nitrogen and oxygen atoms in total. The first kappa shape index (κ1) is 12.6. The van der Waals surface area contributed by atoms with Gasteiger partial charge in [-0.05, 0) is 18.4 Å². The number of likely N-dealkylation sites (tertiary alicyclic amines) is 1. The lowest BCUT2D eigenvalue weighted by molar-refractivity contribution is -0.404. The lowest BCUT2D eigenvalue weighted by Crippen LogP contribution is -2.19. The van der Waals surface area contributed by atoms with Gasteiger partial charge < -0.3 is 4.90 Å². The van der Waals surface area contributed by atoms with E-state index in [0.717, 1.165) is 31.6 Å². The Hall–Kier alpha value is -1.84. The zero-order chi connectivity index (χ0) is 13.0. The number of hydrogen-bond donors (Lipinski definition) is 0. The molecule has 18 heavy (non-hydrogen) atoms. The number of hydrogen-bond acceptors (Lipinski definition) is 3. The third-order valence-electron chi connectivity index (χ3n) is 3.48. The van der Waals surface area contributed by atoms with Crippen molar-refractivity contribution in [2.45, 2.75) is 26.3 Å². The van der Waals surface area contributed by atoms with Crippen molar-refractivity contribution in [3.8, 4) is 0 Å². The molecule has 4 heteroatoms. The molecule has 0 amide bonds. The van der Waals surface area contributed by atoms with Gasteiger partial charge >= 0.3 is 0 Å². The molecule has 1 heterocycles. The van der Waals surface area contributed by atoms with E-state index in [1.807, 2.05) is 18.2 Å². The largest absolute Gasteiger partial charge is 0.365 e. The molecule has 0 bridgehead atoms. The van der Waals surface area contributed by atoms with Gasteiger partial charge in [0.25, 0.3) is 6.20 Å². The van der Waals surface area contributed by atoms with Crippen LogP contribution < -0.4 is 0 Å². The predicted molar refractivity (Wildman–Crippen MR) is 70.3 cm³/mol. The van der Waals surface area contributed by atoms with Crippen LogP contribution in [-0.4, -0.2) is 16.4 Å². The standard InChI is InChI=1S/C14H18N2O2/c1-2-13-8-9-15(14(13)11-16(17)18)10-12-6-4-3-5-7-12/h3-7,11,13H,2,8-10H2,1H3/b14-11+. The van der Waals surface area contributed by atoms with Crippen molar-refractivity contribution in [3.63, 3.8) is 0 Å². The van der Waals surface area contributed by atoms with Crippen LogP contribution in [0.2, 0.25) is 0 Å². The van der Waals surface area contributed by atoms with Crippen molar-refractivity contribution in [1.82, 2.24) is 4.90 Å². The molecular weight excluding hydrogens is 228 g/mol. The number of nitro groups is 1. The highest BCUT2D eigenvalue weighted by molar-refractivity contribution is 5.17. The summed E-state index contributed by atoms with van der Waals surface area (Å²) in [5, 5.41) is 10.7. The summed E-state index contributed by atoms with van der Waals surface area (Å²) in [6.07, 6.45) is 3.16. The zero-order valence-corrected chi connectivity index (χ0v) is 10.6.